The quantitative estimate of drug-likeness (QED) is 0.690. The highest BCUT2D eigenvalue weighted by Gasteiger charge is 2.26. The number of carbonyl (C=O) groups excluding carboxylic acids is 1. The molecule has 0 bridgehead atoms. The normalized spacial score (nSPS) is 19.6. The first-order valence-electron chi connectivity index (χ1n) is 4.18. The summed E-state index contributed by atoms with van der Waals surface area (Å²) in [5.41, 5.74) is 0. The SMILES string of the molecule is CCN1C(=O)CS/C1=N/n1cnnc1. The number of hydrogen-bond acceptors (Lipinski definition) is 5. The van der Waals surface area contributed by atoms with Crippen molar-refractivity contribution < 1.29 is 4.79 Å². The van der Waals surface area contributed by atoms with Gasteiger partial charge in [0.1, 0.15) is 12.7 Å². The van der Waals surface area contributed by atoms with Gasteiger partial charge in [0.2, 0.25) is 5.91 Å². The fourth-order valence-corrected chi connectivity index (χ4v) is 2.08. The van der Waals surface area contributed by atoms with Gasteiger partial charge in [-0.2, -0.15) is 0 Å². The van der Waals surface area contributed by atoms with Gasteiger partial charge >= 0.3 is 0 Å². The molecule has 7 heteroatoms. The van der Waals surface area contributed by atoms with Gasteiger partial charge < -0.3 is 0 Å². The van der Waals surface area contributed by atoms with Gasteiger partial charge in [-0.25, -0.2) is 4.68 Å². The zero-order valence-electron chi connectivity index (χ0n) is 7.62. The molecular weight excluding hydrogens is 202 g/mol. The molecule has 0 aliphatic carbocycles. The second-order valence-electron chi connectivity index (χ2n) is 2.65. The first-order chi connectivity index (χ1) is 6.81. The minimum Gasteiger partial charge on any atom is -0.289 e. The fourth-order valence-electron chi connectivity index (χ4n) is 1.13. The van der Waals surface area contributed by atoms with Crippen LogP contribution >= 0.6 is 11.8 Å². The van der Waals surface area contributed by atoms with Crippen molar-refractivity contribution in [3.8, 4) is 0 Å². The lowest BCUT2D eigenvalue weighted by Crippen LogP contribution is -2.29. The minimum absolute atomic E-state index is 0.101. The first kappa shape index (κ1) is 9.20. The van der Waals surface area contributed by atoms with Gasteiger partial charge in [0, 0.05) is 6.54 Å². The highest BCUT2D eigenvalue weighted by molar-refractivity contribution is 8.15. The number of nitrogens with zero attached hydrogens (tertiary/aromatic N) is 5. The summed E-state index contributed by atoms with van der Waals surface area (Å²) >= 11 is 1.43. The van der Waals surface area contributed by atoms with Crippen molar-refractivity contribution in [2.45, 2.75) is 6.92 Å². The number of amidine groups is 1. The van der Waals surface area contributed by atoms with Crippen molar-refractivity contribution in [2.75, 3.05) is 12.3 Å². The highest BCUT2D eigenvalue weighted by atomic mass is 32.2. The number of rotatable bonds is 2. The van der Waals surface area contributed by atoms with Crippen LogP contribution in [0.2, 0.25) is 0 Å². The molecule has 1 aliphatic heterocycles. The topological polar surface area (TPSA) is 63.4 Å². The van der Waals surface area contributed by atoms with Crippen molar-refractivity contribution in [1.29, 1.82) is 0 Å². The van der Waals surface area contributed by atoms with E-state index in [0.717, 1.165) is 0 Å². The molecule has 0 N–H and O–H groups in total. The molecule has 2 heterocycles. The summed E-state index contributed by atoms with van der Waals surface area (Å²) in [6.07, 6.45) is 2.98. The Hall–Kier alpha value is -1.37. The molecule has 14 heavy (non-hydrogen) atoms. The van der Waals surface area contributed by atoms with E-state index in [1.165, 1.54) is 29.1 Å². The number of carbonyl (C=O) groups is 1. The van der Waals surface area contributed by atoms with E-state index in [1.807, 2.05) is 6.92 Å². The van der Waals surface area contributed by atoms with Gasteiger partial charge in [-0.05, 0) is 6.92 Å². The molecule has 1 aliphatic rings. The summed E-state index contributed by atoms with van der Waals surface area (Å²) in [5.74, 6) is 0.568. The van der Waals surface area contributed by atoms with Crippen LogP contribution in [0.4, 0.5) is 0 Å². The Balaban J connectivity index is 2.22. The van der Waals surface area contributed by atoms with Crippen LogP contribution in [0, 0.1) is 0 Å². The lowest BCUT2D eigenvalue weighted by molar-refractivity contribution is -0.123. The first-order valence-corrected chi connectivity index (χ1v) is 5.16. The molecule has 1 saturated heterocycles. The maximum Gasteiger partial charge on any atom is 0.239 e. The molecule has 0 atom stereocenters. The van der Waals surface area contributed by atoms with E-state index in [1.54, 1.807) is 4.90 Å². The summed E-state index contributed by atoms with van der Waals surface area (Å²) in [6.45, 7) is 2.57. The van der Waals surface area contributed by atoms with E-state index in [9.17, 15) is 4.79 Å². The second kappa shape index (κ2) is 3.79. The highest BCUT2D eigenvalue weighted by Crippen LogP contribution is 2.18. The summed E-state index contributed by atoms with van der Waals surface area (Å²) in [7, 11) is 0. The van der Waals surface area contributed by atoms with Gasteiger partial charge in [-0.1, -0.05) is 11.8 Å². The summed E-state index contributed by atoms with van der Waals surface area (Å²) in [5, 5.41) is 12.2. The third kappa shape index (κ3) is 1.63. The predicted molar refractivity (Wildman–Crippen MR) is 52.7 cm³/mol. The number of hydrogen-bond donors (Lipinski definition) is 0. The van der Waals surface area contributed by atoms with Crippen molar-refractivity contribution in [3.63, 3.8) is 0 Å². The number of amides is 1. The second-order valence-corrected chi connectivity index (χ2v) is 3.59. The van der Waals surface area contributed by atoms with Gasteiger partial charge in [-0.15, -0.1) is 15.3 Å². The van der Waals surface area contributed by atoms with E-state index in [2.05, 4.69) is 15.3 Å². The molecule has 0 saturated carbocycles. The standard InChI is InChI=1S/C7H9N5OS/c1-2-12-6(13)3-14-7(12)10-11-4-8-9-5-11/h4-5H,2-3H2,1H3/b10-7+. The Morgan fingerprint density at radius 1 is 1.57 bits per heavy atom. The van der Waals surface area contributed by atoms with Crippen LogP contribution in [0.5, 0.6) is 0 Å². The molecule has 1 aromatic rings. The lowest BCUT2D eigenvalue weighted by Gasteiger charge is -2.11. The Labute approximate surface area is 85.0 Å². The average molecular weight is 211 g/mol. The van der Waals surface area contributed by atoms with Crippen molar-refractivity contribution in [3.05, 3.63) is 12.7 Å². The van der Waals surface area contributed by atoms with Crippen LogP contribution in [0.25, 0.3) is 0 Å². The van der Waals surface area contributed by atoms with Gasteiger partial charge in [0.15, 0.2) is 5.17 Å². The van der Waals surface area contributed by atoms with Crippen molar-refractivity contribution in [1.82, 2.24) is 19.8 Å². The molecule has 1 fully saturated rings. The van der Waals surface area contributed by atoms with E-state index < -0.39 is 0 Å². The smallest absolute Gasteiger partial charge is 0.239 e. The van der Waals surface area contributed by atoms with Gasteiger partial charge in [0.25, 0.3) is 0 Å². The Kier molecular flexibility index (Phi) is 2.49. The van der Waals surface area contributed by atoms with Crippen LogP contribution in [0.15, 0.2) is 17.8 Å². The van der Waals surface area contributed by atoms with E-state index in [4.69, 9.17) is 0 Å². The van der Waals surface area contributed by atoms with Crippen molar-refractivity contribution in [2.24, 2.45) is 5.10 Å². The summed E-state index contributed by atoms with van der Waals surface area (Å²) < 4.78 is 1.49. The molecule has 1 aromatic heterocycles. The molecule has 1 amide bonds. The Bertz CT molecular complexity index is 360. The third-order valence-electron chi connectivity index (χ3n) is 1.78. The van der Waals surface area contributed by atoms with E-state index >= 15 is 0 Å². The molecule has 0 radical (unpaired) electrons. The van der Waals surface area contributed by atoms with Crippen LogP contribution in [0.3, 0.4) is 0 Å². The van der Waals surface area contributed by atoms with Crippen molar-refractivity contribution >= 4 is 22.8 Å². The summed E-state index contributed by atoms with van der Waals surface area (Å²) in [4.78, 5) is 13.0. The van der Waals surface area contributed by atoms with Gasteiger partial charge in [-0.3, -0.25) is 9.69 Å². The largest absolute Gasteiger partial charge is 0.289 e. The number of aromatic nitrogens is 3. The predicted octanol–water partition coefficient (Wildman–Crippen LogP) is -0.00750. The Morgan fingerprint density at radius 3 is 2.93 bits per heavy atom. The third-order valence-corrected chi connectivity index (χ3v) is 2.73. The fraction of sp³-hybridized carbons (Fsp3) is 0.429. The average Bonchev–Trinajstić information content (AvgIpc) is 2.77. The van der Waals surface area contributed by atoms with Crippen LogP contribution in [0.1, 0.15) is 6.92 Å². The van der Waals surface area contributed by atoms with Crippen LogP contribution in [-0.4, -0.2) is 43.1 Å². The molecule has 0 unspecified atom stereocenters. The Morgan fingerprint density at radius 2 is 2.29 bits per heavy atom. The molecule has 6 nitrogen and oxygen atoms in total. The zero-order chi connectivity index (χ0) is 9.97. The molecule has 2 rings (SSSR count). The monoisotopic (exact) mass is 211 g/mol. The minimum atomic E-state index is 0.101. The molecular formula is C7H9N5OS. The zero-order valence-corrected chi connectivity index (χ0v) is 8.44. The maximum absolute atomic E-state index is 11.3. The molecule has 0 spiro atoms. The van der Waals surface area contributed by atoms with Crippen LogP contribution < -0.4 is 0 Å². The lowest BCUT2D eigenvalue weighted by atomic mass is 10.5. The van der Waals surface area contributed by atoms with Gasteiger partial charge in [0.05, 0.1) is 5.75 Å². The maximum atomic E-state index is 11.3. The van der Waals surface area contributed by atoms with E-state index in [-0.39, 0.29) is 5.91 Å². The molecule has 0 aromatic carbocycles. The van der Waals surface area contributed by atoms with E-state index in [0.29, 0.717) is 17.5 Å². The summed E-state index contributed by atoms with van der Waals surface area (Å²) in [6, 6.07) is 0. The number of thioether (sulfide) groups is 1. The van der Waals surface area contributed by atoms with Crippen LogP contribution in [-0.2, 0) is 4.79 Å². The molecule has 74 valence electrons.